The fourth-order valence-corrected chi connectivity index (χ4v) is 0. The van der Waals surface area contributed by atoms with Crippen LogP contribution in [-0.2, 0) is 0 Å². The molecule has 1 heteroatoms. The molecule has 0 saturated heterocycles. The van der Waals surface area contributed by atoms with Gasteiger partial charge in [-0.25, -0.2) is 0 Å². The van der Waals surface area contributed by atoms with Gasteiger partial charge in [0.1, 0.15) is 0 Å². The van der Waals surface area contributed by atoms with E-state index in [1.807, 2.05) is 0 Å². The molecule has 0 aliphatic carbocycles. The van der Waals surface area contributed by atoms with E-state index in [9.17, 15) is 0 Å². The average molecular weight is 93.1 g/mol. The molecule has 0 aliphatic rings. The van der Waals surface area contributed by atoms with Gasteiger partial charge in [-0.3, -0.25) is 0 Å². The molecule has 0 N–H and O–H groups in total. The average Bonchev–Trinajstić information content (AvgIpc) is 1.36. The van der Waals surface area contributed by atoms with Crippen molar-refractivity contribution in [2.45, 2.75) is 20.8 Å². The molecule has 0 spiro atoms. The zero-order valence-corrected chi connectivity index (χ0v) is 4.86. The van der Waals surface area contributed by atoms with Crippen LogP contribution in [0.25, 0.3) is 0 Å². The summed E-state index contributed by atoms with van der Waals surface area (Å²) in [5, 5.41) is 0. The Bertz CT molecular complexity index is 25.2. The Morgan fingerprint density at radius 1 is 1.14 bits per heavy atom. The second kappa shape index (κ2) is 4.75. The molecule has 0 aromatic carbocycles. The minimum absolute atomic E-state index is 0. The molecule has 0 bridgehead atoms. The van der Waals surface area contributed by atoms with Gasteiger partial charge >= 0.3 is 18.9 Å². The molecule has 0 fully saturated rings. The summed E-state index contributed by atoms with van der Waals surface area (Å²) < 4.78 is 0. The van der Waals surface area contributed by atoms with Crippen LogP contribution in [0.3, 0.4) is 0 Å². The van der Waals surface area contributed by atoms with Gasteiger partial charge in [-0.1, -0.05) is 27.7 Å². The van der Waals surface area contributed by atoms with E-state index < -0.39 is 0 Å². The first-order valence-corrected chi connectivity index (χ1v) is 2.47. The van der Waals surface area contributed by atoms with Crippen molar-refractivity contribution in [3.05, 3.63) is 6.92 Å². The molecule has 1 atom stereocenters. The van der Waals surface area contributed by atoms with Gasteiger partial charge in [-0.2, -0.15) is 0 Å². The number of hydrogen-bond acceptors (Lipinski definition) is 0. The molecule has 1 unspecified atom stereocenters. The molecule has 0 aliphatic heterocycles. The van der Waals surface area contributed by atoms with Crippen LogP contribution in [0.5, 0.6) is 0 Å². The zero-order valence-electron chi connectivity index (χ0n) is 4.86. The normalized spacial score (nSPS) is 9.43. The Morgan fingerprint density at radius 2 is 1.29 bits per heavy atom. The van der Waals surface area contributed by atoms with E-state index in [2.05, 4.69) is 27.7 Å². The second-order valence-electron chi connectivity index (χ2n) is 2.22. The summed E-state index contributed by atoms with van der Waals surface area (Å²) in [6.45, 7) is 10.3. The zero-order chi connectivity index (χ0) is 5.15. The summed E-state index contributed by atoms with van der Waals surface area (Å²) in [4.78, 5) is 0. The molecular weight excluding hydrogens is 79.0 g/mol. The van der Waals surface area contributed by atoms with E-state index in [1.165, 1.54) is 0 Å². The fourth-order valence-electron chi connectivity index (χ4n) is 0. The van der Waals surface area contributed by atoms with Crippen LogP contribution in [-0.4, -0.2) is 18.9 Å². The molecule has 1 radical (unpaired) electrons. The van der Waals surface area contributed by atoms with Crippen LogP contribution in [0.1, 0.15) is 20.8 Å². The van der Waals surface area contributed by atoms with Crippen molar-refractivity contribution in [2.24, 2.45) is 11.8 Å². The number of rotatable bonds is 1. The first-order valence-electron chi connectivity index (χ1n) is 2.47. The summed E-state index contributed by atoms with van der Waals surface area (Å²) >= 11 is 0. The van der Waals surface area contributed by atoms with Gasteiger partial charge in [0.15, 0.2) is 0 Å². The standard InChI is InChI=1S/C6H13.Li.H/c1-5(2)6(3)4;;/h5-6H,1H2,2-4H3;;. The summed E-state index contributed by atoms with van der Waals surface area (Å²) in [7, 11) is 0. The van der Waals surface area contributed by atoms with Crippen molar-refractivity contribution < 1.29 is 0 Å². The van der Waals surface area contributed by atoms with E-state index in [0.717, 1.165) is 5.92 Å². The number of hydrogen-bond donors (Lipinski definition) is 0. The van der Waals surface area contributed by atoms with E-state index >= 15 is 0 Å². The third kappa shape index (κ3) is 6.60. The molecular formula is C6H14Li. The van der Waals surface area contributed by atoms with Gasteiger partial charge in [-0.05, 0) is 11.8 Å². The van der Waals surface area contributed by atoms with Gasteiger partial charge < -0.3 is 0 Å². The van der Waals surface area contributed by atoms with Crippen molar-refractivity contribution in [1.82, 2.24) is 0 Å². The fraction of sp³-hybridized carbons (Fsp3) is 0.833. The first kappa shape index (κ1) is 10.6. The van der Waals surface area contributed by atoms with Crippen molar-refractivity contribution in [2.75, 3.05) is 0 Å². The Labute approximate surface area is 58.9 Å². The van der Waals surface area contributed by atoms with Gasteiger partial charge in [0.2, 0.25) is 0 Å². The molecule has 0 aromatic rings. The van der Waals surface area contributed by atoms with Crippen LogP contribution in [0.4, 0.5) is 0 Å². The Kier molecular flexibility index (Phi) is 7.16. The molecule has 0 rings (SSSR count). The third-order valence-electron chi connectivity index (χ3n) is 1.14. The summed E-state index contributed by atoms with van der Waals surface area (Å²) in [6, 6.07) is 0. The minimum atomic E-state index is 0. The topological polar surface area (TPSA) is 0 Å². The van der Waals surface area contributed by atoms with Crippen LogP contribution in [0.2, 0.25) is 0 Å². The molecule has 0 amide bonds. The van der Waals surface area contributed by atoms with Gasteiger partial charge in [-0.15, -0.1) is 0 Å². The van der Waals surface area contributed by atoms with E-state index in [-0.39, 0.29) is 18.9 Å². The maximum absolute atomic E-state index is 3.84. The van der Waals surface area contributed by atoms with Crippen LogP contribution >= 0.6 is 0 Å². The van der Waals surface area contributed by atoms with E-state index in [4.69, 9.17) is 0 Å². The Morgan fingerprint density at radius 3 is 1.29 bits per heavy atom. The van der Waals surface area contributed by atoms with Crippen molar-refractivity contribution >= 4 is 18.9 Å². The monoisotopic (exact) mass is 93.1 g/mol. The quantitative estimate of drug-likeness (QED) is 0.430. The third-order valence-corrected chi connectivity index (χ3v) is 1.14. The van der Waals surface area contributed by atoms with Crippen LogP contribution in [0, 0.1) is 18.8 Å². The predicted octanol–water partition coefficient (Wildman–Crippen LogP) is 1.46. The predicted molar refractivity (Wildman–Crippen MR) is 36.5 cm³/mol. The van der Waals surface area contributed by atoms with Crippen molar-refractivity contribution in [1.29, 1.82) is 0 Å². The molecule has 0 aromatic heterocycles. The molecule has 0 nitrogen and oxygen atoms in total. The van der Waals surface area contributed by atoms with E-state index in [1.54, 1.807) is 0 Å². The maximum atomic E-state index is 3.84. The summed E-state index contributed by atoms with van der Waals surface area (Å²) in [6.07, 6.45) is 0. The van der Waals surface area contributed by atoms with Crippen LogP contribution in [0.15, 0.2) is 0 Å². The summed E-state index contributed by atoms with van der Waals surface area (Å²) in [5.41, 5.74) is 0. The van der Waals surface area contributed by atoms with Gasteiger partial charge in [0.25, 0.3) is 0 Å². The molecule has 39 valence electrons. The second-order valence-corrected chi connectivity index (χ2v) is 2.22. The molecule has 0 heterocycles. The van der Waals surface area contributed by atoms with Crippen molar-refractivity contribution in [3.8, 4) is 0 Å². The van der Waals surface area contributed by atoms with Crippen molar-refractivity contribution in [3.63, 3.8) is 0 Å². The van der Waals surface area contributed by atoms with Crippen LogP contribution < -0.4 is 0 Å². The van der Waals surface area contributed by atoms with Gasteiger partial charge in [0.05, 0.1) is 0 Å². The molecule has 0 saturated carbocycles. The molecule has 7 heavy (non-hydrogen) atoms. The van der Waals surface area contributed by atoms with E-state index in [0.29, 0.717) is 5.92 Å². The Balaban J connectivity index is 0. The Hall–Kier alpha value is 0.597. The SMILES string of the molecule is [CH2]C(C)C(C)C.[LiH]. The van der Waals surface area contributed by atoms with Gasteiger partial charge in [0, 0.05) is 0 Å². The summed E-state index contributed by atoms with van der Waals surface area (Å²) in [5.74, 6) is 1.34. The first-order chi connectivity index (χ1) is 2.64.